The molecule has 0 radical (unpaired) electrons. The highest BCUT2D eigenvalue weighted by Crippen LogP contribution is 2.33. The molecule has 1 aliphatic rings. The van der Waals surface area contributed by atoms with Crippen molar-refractivity contribution in [2.24, 2.45) is 0 Å². The Hall–Kier alpha value is -2.93. The minimum atomic E-state index is -0.972. The van der Waals surface area contributed by atoms with Gasteiger partial charge in [0.15, 0.2) is 23.1 Å². The van der Waals surface area contributed by atoms with Crippen LogP contribution < -0.4 is 5.73 Å². The van der Waals surface area contributed by atoms with Crippen LogP contribution in [-0.2, 0) is 14.2 Å². The van der Waals surface area contributed by atoms with Gasteiger partial charge in [0.05, 0.1) is 12.9 Å². The summed E-state index contributed by atoms with van der Waals surface area (Å²) >= 11 is 0. The number of fused-ring (bicyclic) bond motifs is 1. The van der Waals surface area contributed by atoms with E-state index >= 15 is 0 Å². The number of ether oxygens (including phenoxy) is 3. The number of terminal acetylenes is 1. The van der Waals surface area contributed by atoms with E-state index in [9.17, 15) is 9.18 Å². The zero-order chi connectivity index (χ0) is 22.2. The molecular weight excluding hydrogens is 405 g/mol. The lowest BCUT2D eigenvalue weighted by molar-refractivity contribution is -0.0101. The molecule has 3 heterocycles. The lowest BCUT2D eigenvalue weighted by Crippen LogP contribution is -2.26. The highest BCUT2D eigenvalue weighted by Gasteiger charge is 2.39. The summed E-state index contributed by atoms with van der Waals surface area (Å²) in [5.41, 5.74) is 6.11. The number of rotatable bonds is 10. The number of nitrogens with two attached hydrogens (primary N) is 1. The number of hydrogen-bond acceptors (Lipinski definition) is 8. The van der Waals surface area contributed by atoms with Crippen molar-refractivity contribution >= 4 is 23.1 Å². The van der Waals surface area contributed by atoms with Crippen LogP contribution >= 0.6 is 0 Å². The first-order valence-electron chi connectivity index (χ1n) is 10.6. The minimum Gasteiger partial charge on any atom is -0.434 e. The van der Waals surface area contributed by atoms with Crippen LogP contribution in [0.3, 0.4) is 0 Å². The zero-order valence-corrected chi connectivity index (χ0v) is 17.6. The van der Waals surface area contributed by atoms with Crippen molar-refractivity contribution in [1.29, 1.82) is 0 Å². The number of aromatic nitrogens is 4. The van der Waals surface area contributed by atoms with Gasteiger partial charge in [0.2, 0.25) is 0 Å². The average molecular weight is 433 g/mol. The first-order chi connectivity index (χ1) is 15.0. The van der Waals surface area contributed by atoms with Crippen molar-refractivity contribution in [3.63, 3.8) is 0 Å². The van der Waals surface area contributed by atoms with Crippen LogP contribution in [0.25, 0.3) is 11.2 Å². The second-order valence-electron chi connectivity index (χ2n) is 7.49. The molecule has 2 aromatic heterocycles. The number of nitrogens with zero attached hydrogens (tertiary/aromatic N) is 4. The summed E-state index contributed by atoms with van der Waals surface area (Å²) in [5.74, 6) is 2.39. The van der Waals surface area contributed by atoms with E-state index in [-0.39, 0.29) is 23.4 Å². The van der Waals surface area contributed by atoms with Gasteiger partial charge in [-0.05, 0) is 6.42 Å². The van der Waals surface area contributed by atoms with Crippen molar-refractivity contribution in [3.8, 4) is 12.3 Å². The largest absolute Gasteiger partial charge is 0.508 e. The topological polar surface area (TPSA) is 114 Å². The molecule has 168 valence electrons. The van der Waals surface area contributed by atoms with E-state index in [1.165, 1.54) is 36.6 Å². The van der Waals surface area contributed by atoms with Crippen molar-refractivity contribution in [3.05, 3.63) is 12.4 Å². The van der Waals surface area contributed by atoms with Crippen LogP contribution in [-0.4, -0.2) is 44.5 Å². The van der Waals surface area contributed by atoms with Crippen LogP contribution in [0, 0.1) is 18.4 Å². The molecule has 1 aliphatic heterocycles. The van der Waals surface area contributed by atoms with Gasteiger partial charge in [-0.15, -0.1) is 6.42 Å². The maximum atomic E-state index is 13.6. The molecule has 0 saturated carbocycles. The fourth-order valence-corrected chi connectivity index (χ4v) is 3.56. The van der Waals surface area contributed by atoms with E-state index in [1.807, 2.05) is 0 Å². The van der Waals surface area contributed by atoms with E-state index in [0.29, 0.717) is 6.61 Å². The van der Waals surface area contributed by atoms with Gasteiger partial charge >= 0.3 is 12.2 Å². The maximum absolute atomic E-state index is 13.6. The fraction of sp³-hybridized carbons (Fsp3) is 0.619. The molecule has 3 rings (SSSR count). The van der Waals surface area contributed by atoms with Crippen LogP contribution in [0.2, 0.25) is 0 Å². The van der Waals surface area contributed by atoms with Gasteiger partial charge in [0, 0.05) is 6.42 Å². The summed E-state index contributed by atoms with van der Waals surface area (Å²) < 4.78 is 31.4. The highest BCUT2D eigenvalue weighted by atomic mass is 19.1. The van der Waals surface area contributed by atoms with Crippen molar-refractivity contribution in [2.75, 3.05) is 12.3 Å². The van der Waals surface area contributed by atoms with Crippen molar-refractivity contribution in [2.45, 2.75) is 76.7 Å². The number of carbonyl (C=O) groups is 1. The molecule has 10 heteroatoms. The molecule has 3 atom stereocenters. The first kappa shape index (κ1) is 22.7. The third-order valence-electron chi connectivity index (χ3n) is 5.19. The van der Waals surface area contributed by atoms with Crippen molar-refractivity contribution < 1.29 is 23.4 Å². The van der Waals surface area contributed by atoms with Gasteiger partial charge in [-0.1, -0.05) is 51.4 Å². The Morgan fingerprint density at radius 2 is 2.06 bits per heavy atom. The molecule has 1 fully saturated rings. The summed E-state index contributed by atoms with van der Waals surface area (Å²) in [6, 6.07) is 0. The lowest BCUT2D eigenvalue weighted by atomic mass is 10.1. The third kappa shape index (κ3) is 5.82. The van der Waals surface area contributed by atoms with Gasteiger partial charge < -0.3 is 19.9 Å². The molecule has 0 aromatic carbocycles. The minimum absolute atomic E-state index is 0.0745. The molecule has 9 nitrogen and oxygen atoms in total. The van der Waals surface area contributed by atoms with E-state index in [4.69, 9.17) is 26.4 Å². The molecule has 31 heavy (non-hydrogen) atoms. The highest BCUT2D eigenvalue weighted by molar-refractivity contribution is 5.81. The Labute approximate surface area is 180 Å². The summed E-state index contributed by atoms with van der Waals surface area (Å²) in [7, 11) is 0. The number of unbranched alkanes of at least 4 members (excludes halogenated alkanes) is 6. The Bertz CT molecular complexity index is 928. The van der Waals surface area contributed by atoms with Gasteiger partial charge in [0.1, 0.15) is 12.3 Å². The predicted octanol–water partition coefficient (Wildman–Crippen LogP) is 3.74. The van der Waals surface area contributed by atoms with Gasteiger partial charge in [-0.3, -0.25) is 4.57 Å². The number of hydrogen-bond donors (Lipinski definition) is 1. The fourth-order valence-electron chi connectivity index (χ4n) is 3.56. The summed E-state index contributed by atoms with van der Waals surface area (Å²) in [6.45, 7) is 2.48. The first-order valence-corrected chi connectivity index (χ1v) is 10.6. The normalized spacial score (nSPS) is 20.6. The summed E-state index contributed by atoms with van der Waals surface area (Å²) in [5, 5.41) is 0. The molecule has 0 spiro atoms. The monoisotopic (exact) mass is 433 g/mol. The smallest absolute Gasteiger partial charge is 0.434 e. The van der Waals surface area contributed by atoms with Crippen molar-refractivity contribution in [1.82, 2.24) is 19.5 Å². The molecule has 0 aliphatic carbocycles. The van der Waals surface area contributed by atoms with Gasteiger partial charge in [0.25, 0.3) is 0 Å². The van der Waals surface area contributed by atoms with Crippen LogP contribution in [0.4, 0.5) is 15.0 Å². The molecule has 2 aromatic rings. The standard InChI is InChI=1S/C21H28FN5O4/c1-3-5-6-7-8-9-10-11-29-21(28)31-15-12-16(30-14(15)4-2)27-13-24-17-18(23)25-20(22)26-19(17)27/h2,13-16H,3,5-12H2,1H3,(H2,23,25,26)/t14-,15+,16-/m1/s1. The van der Waals surface area contributed by atoms with E-state index in [2.05, 4.69) is 27.8 Å². The summed E-state index contributed by atoms with van der Waals surface area (Å²) in [4.78, 5) is 23.3. The Kier molecular flexibility index (Phi) is 8.00. The second-order valence-corrected chi connectivity index (χ2v) is 7.49. The quantitative estimate of drug-likeness (QED) is 0.261. The molecule has 2 N–H and O–H groups in total. The lowest BCUT2D eigenvalue weighted by Gasteiger charge is -2.13. The van der Waals surface area contributed by atoms with Crippen LogP contribution in [0.5, 0.6) is 0 Å². The molecule has 0 unspecified atom stereocenters. The molecule has 0 bridgehead atoms. The summed E-state index contributed by atoms with van der Waals surface area (Å²) in [6.07, 6.45) is 11.1. The van der Waals surface area contributed by atoms with E-state index < -0.39 is 30.7 Å². The number of imidazole rings is 1. The zero-order valence-electron chi connectivity index (χ0n) is 17.6. The SMILES string of the molecule is C#C[C@H]1O[C@@H](n2cnc3c(N)nc(F)nc32)C[C@@H]1OC(=O)OCCCCCCCCC. The Morgan fingerprint density at radius 3 is 2.81 bits per heavy atom. The number of anilines is 1. The van der Waals surface area contributed by atoms with Gasteiger partial charge in [-0.2, -0.15) is 14.4 Å². The Morgan fingerprint density at radius 1 is 1.32 bits per heavy atom. The molecule has 1 saturated heterocycles. The van der Waals surface area contributed by atoms with Crippen LogP contribution in [0.15, 0.2) is 6.33 Å². The molecule has 0 amide bonds. The Balaban J connectivity index is 1.50. The maximum Gasteiger partial charge on any atom is 0.508 e. The van der Waals surface area contributed by atoms with Gasteiger partial charge in [-0.25, -0.2) is 9.78 Å². The number of carbonyl (C=O) groups excluding carboxylic acids is 1. The number of nitrogen functional groups attached to an aromatic ring is 1. The van der Waals surface area contributed by atoms with E-state index in [0.717, 1.165) is 19.3 Å². The predicted molar refractivity (Wildman–Crippen MR) is 111 cm³/mol. The third-order valence-corrected chi connectivity index (χ3v) is 5.19. The number of halogens is 1. The van der Waals surface area contributed by atoms with Crippen LogP contribution in [0.1, 0.15) is 64.5 Å². The second kappa shape index (κ2) is 10.9. The van der Waals surface area contributed by atoms with E-state index in [1.54, 1.807) is 0 Å². The average Bonchev–Trinajstić information content (AvgIpc) is 3.33. The molecular formula is C21H28FN5O4.